The molecule has 2 N–H and O–H groups in total. The molecule has 2 aliphatic rings. The number of imidazole rings is 1. The summed E-state index contributed by atoms with van der Waals surface area (Å²) in [5, 5.41) is 6.39. The Morgan fingerprint density at radius 1 is 0.878 bits per heavy atom. The number of unbranched alkanes of at least 4 members (excludes halogenated alkanes) is 1. The number of hydrogen-bond acceptors (Lipinski definition) is 4. The molecule has 0 aliphatic heterocycles. The van der Waals surface area contributed by atoms with Crippen molar-refractivity contribution >= 4 is 28.7 Å². The van der Waals surface area contributed by atoms with Crippen LogP contribution in [0.3, 0.4) is 0 Å². The van der Waals surface area contributed by atoms with Gasteiger partial charge in [0.2, 0.25) is 0 Å². The zero-order valence-electron chi connectivity index (χ0n) is 29.9. The van der Waals surface area contributed by atoms with Crippen molar-refractivity contribution in [3.63, 3.8) is 0 Å². The van der Waals surface area contributed by atoms with E-state index in [4.69, 9.17) is 9.72 Å². The highest BCUT2D eigenvalue weighted by Crippen LogP contribution is 2.38. The zero-order valence-corrected chi connectivity index (χ0v) is 29.9. The van der Waals surface area contributed by atoms with E-state index >= 15 is 0 Å². The number of nitrogens with zero attached hydrogens (tertiary/aromatic N) is 2. The summed E-state index contributed by atoms with van der Waals surface area (Å²) in [6.07, 6.45) is 14.7. The summed E-state index contributed by atoms with van der Waals surface area (Å²) in [6, 6.07) is 22.1. The van der Waals surface area contributed by atoms with Crippen molar-refractivity contribution < 1.29 is 14.3 Å². The topological polar surface area (TPSA) is 85.3 Å². The Hall–Kier alpha value is -4.13. The Morgan fingerprint density at radius 2 is 1.59 bits per heavy atom. The minimum Gasteiger partial charge on any atom is -0.456 e. The van der Waals surface area contributed by atoms with E-state index in [-0.39, 0.29) is 18.0 Å². The van der Waals surface area contributed by atoms with Crippen LogP contribution in [0.25, 0.3) is 22.2 Å². The quantitative estimate of drug-likeness (QED) is 0.166. The Morgan fingerprint density at radius 3 is 2.31 bits per heavy atom. The molecule has 49 heavy (non-hydrogen) atoms. The number of aromatic nitrogens is 2. The standard InChI is InChI=1S/C42H54N4O3/c1-5-6-16-39-45-37-26-25-34(44-41(48)43-33-23-21-31(22-24-33)30-12-8-7-9-13-30)27-38(37)46(39)28-29-17-19-32(20-18-29)35-14-10-11-15-36(35)40(47)49-42(2,3)4/h10-11,14-15,17-20,25-27,30-31,33H,5-9,12-13,16,21-24,28H2,1-4H3,(H2,43,44,48). The van der Waals surface area contributed by atoms with Crippen molar-refractivity contribution in [3.8, 4) is 11.1 Å². The van der Waals surface area contributed by atoms with E-state index in [1.54, 1.807) is 0 Å². The van der Waals surface area contributed by atoms with E-state index in [9.17, 15) is 9.59 Å². The Labute approximate surface area is 292 Å². The Bertz CT molecular complexity index is 1720. The molecule has 4 aromatic rings. The van der Waals surface area contributed by atoms with E-state index < -0.39 is 5.60 Å². The second-order valence-electron chi connectivity index (χ2n) is 15.3. The first-order valence-electron chi connectivity index (χ1n) is 18.6. The number of rotatable bonds is 10. The average Bonchev–Trinajstić information content (AvgIpc) is 3.43. The fraction of sp³-hybridized carbons (Fsp3) is 0.500. The minimum absolute atomic E-state index is 0.125. The van der Waals surface area contributed by atoms with Crippen LogP contribution in [-0.4, -0.2) is 33.2 Å². The molecule has 2 saturated carbocycles. The number of benzene rings is 3. The molecule has 2 aliphatic carbocycles. The molecule has 0 saturated heterocycles. The SMILES string of the molecule is CCCCc1nc2ccc(NC(=O)NC3CCC(C4CCCCC4)CC3)cc2n1Cc1ccc(-c2ccccc2C(=O)OC(C)(C)C)cc1. The summed E-state index contributed by atoms with van der Waals surface area (Å²) in [5.41, 5.74) is 5.66. The second-order valence-corrected chi connectivity index (χ2v) is 15.3. The third kappa shape index (κ3) is 8.92. The van der Waals surface area contributed by atoms with Gasteiger partial charge in [-0.3, -0.25) is 0 Å². The first-order valence-corrected chi connectivity index (χ1v) is 18.6. The van der Waals surface area contributed by atoms with E-state index in [1.807, 2.05) is 57.2 Å². The summed E-state index contributed by atoms with van der Waals surface area (Å²) in [6.45, 7) is 8.50. The molecule has 7 heteroatoms. The van der Waals surface area contributed by atoms with Gasteiger partial charge in [0.25, 0.3) is 0 Å². The van der Waals surface area contributed by atoms with Crippen molar-refractivity contribution in [2.75, 3.05) is 5.32 Å². The molecule has 0 radical (unpaired) electrons. The van der Waals surface area contributed by atoms with Crippen molar-refractivity contribution in [1.82, 2.24) is 14.9 Å². The van der Waals surface area contributed by atoms with E-state index in [2.05, 4.69) is 52.5 Å². The maximum Gasteiger partial charge on any atom is 0.339 e. The Kier molecular flexibility index (Phi) is 11.1. The number of aryl methyl sites for hydroxylation is 1. The number of carbonyl (C=O) groups is 2. The van der Waals surface area contributed by atoms with Gasteiger partial charge >= 0.3 is 12.0 Å². The molecule has 0 atom stereocenters. The van der Waals surface area contributed by atoms with Crippen LogP contribution in [-0.2, 0) is 17.7 Å². The maximum absolute atomic E-state index is 13.1. The number of anilines is 1. The smallest absolute Gasteiger partial charge is 0.339 e. The number of amides is 2. The van der Waals surface area contributed by atoms with Crippen molar-refractivity contribution in [2.45, 2.75) is 123 Å². The molecule has 1 heterocycles. The van der Waals surface area contributed by atoms with Gasteiger partial charge < -0.3 is 19.9 Å². The average molecular weight is 663 g/mol. The third-order valence-electron chi connectivity index (χ3n) is 10.4. The van der Waals surface area contributed by atoms with Gasteiger partial charge in [0.05, 0.1) is 16.6 Å². The van der Waals surface area contributed by atoms with Gasteiger partial charge in [-0.05, 0) is 106 Å². The molecule has 3 aromatic carbocycles. The number of carbonyl (C=O) groups excluding carboxylic acids is 2. The lowest BCUT2D eigenvalue weighted by Gasteiger charge is -2.36. The predicted octanol–water partition coefficient (Wildman–Crippen LogP) is 10.3. The first kappa shape index (κ1) is 34.7. The molecule has 0 unspecified atom stereocenters. The van der Waals surface area contributed by atoms with Gasteiger partial charge in [0.1, 0.15) is 11.4 Å². The predicted molar refractivity (Wildman–Crippen MR) is 199 cm³/mol. The number of nitrogens with one attached hydrogen (secondary N) is 2. The number of esters is 1. The first-order chi connectivity index (χ1) is 23.7. The van der Waals surface area contributed by atoms with Gasteiger partial charge in [-0.15, -0.1) is 0 Å². The van der Waals surface area contributed by atoms with Gasteiger partial charge in [-0.25, -0.2) is 14.6 Å². The number of urea groups is 1. The van der Waals surface area contributed by atoms with Gasteiger partial charge in [-0.2, -0.15) is 0 Å². The van der Waals surface area contributed by atoms with E-state index in [0.717, 1.165) is 83.2 Å². The summed E-state index contributed by atoms with van der Waals surface area (Å²) >= 11 is 0. The molecule has 0 bridgehead atoms. The van der Waals surface area contributed by atoms with Crippen LogP contribution in [0.2, 0.25) is 0 Å². The molecule has 7 nitrogen and oxygen atoms in total. The fourth-order valence-corrected chi connectivity index (χ4v) is 7.86. The number of ether oxygens (including phenoxy) is 1. The van der Waals surface area contributed by atoms with Crippen LogP contribution in [0.15, 0.2) is 66.7 Å². The summed E-state index contributed by atoms with van der Waals surface area (Å²) < 4.78 is 7.96. The fourth-order valence-electron chi connectivity index (χ4n) is 7.86. The zero-order chi connectivity index (χ0) is 34.4. The maximum atomic E-state index is 13.1. The summed E-state index contributed by atoms with van der Waals surface area (Å²) in [5.74, 6) is 2.47. The van der Waals surface area contributed by atoms with E-state index in [1.165, 1.54) is 44.9 Å². The molecule has 2 amide bonds. The molecule has 2 fully saturated rings. The summed E-state index contributed by atoms with van der Waals surface area (Å²) in [4.78, 5) is 31.1. The molecular weight excluding hydrogens is 608 g/mol. The van der Waals surface area contributed by atoms with Gasteiger partial charge in [-0.1, -0.05) is 87.9 Å². The lowest BCUT2D eigenvalue weighted by Crippen LogP contribution is -2.41. The molecule has 1 aromatic heterocycles. The lowest BCUT2D eigenvalue weighted by atomic mass is 9.72. The Balaban J connectivity index is 1.15. The van der Waals surface area contributed by atoms with Crippen LogP contribution in [0, 0.1) is 11.8 Å². The second kappa shape index (κ2) is 15.6. The van der Waals surface area contributed by atoms with Crippen LogP contribution >= 0.6 is 0 Å². The molecule has 0 spiro atoms. The third-order valence-corrected chi connectivity index (χ3v) is 10.4. The van der Waals surface area contributed by atoms with Crippen LogP contribution in [0.5, 0.6) is 0 Å². The van der Waals surface area contributed by atoms with Gasteiger partial charge in [0.15, 0.2) is 0 Å². The molecule has 260 valence electrons. The number of hydrogen-bond donors (Lipinski definition) is 2. The van der Waals surface area contributed by atoms with Crippen LogP contribution in [0.4, 0.5) is 10.5 Å². The molecular formula is C42H54N4O3. The lowest BCUT2D eigenvalue weighted by molar-refractivity contribution is 0.00703. The number of fused-ring (bicyclic) bond motifs is 1. The van der Waals surface area contributed by atoms with E-state index in [0.29, 0.717) is 12.1 Å². The highest BCUT2D eigenvalue weighted by atomic mass is 16.6. The van der Waals surface area contributed by atoms with Crippen molar-refractivity contribution in [2.24, 2.45) is 11.8 Å². The monoisotopic (exact) mass is 662 g/mol. The normalized spacial score (nSPS) is 18.7. The summed E-state index contributed by atoms with van der Waals surface area (Å²) in [7, 11) is 0. The highest BCUT2D eigenvalue weighted by Gasteiger charge is 2.29. The largest absolute Gasteiger partial charge is 0.456 e. The van der Waals surface area contributed by atoms with Gasteiger partial charge in [0, 0.05) is 24.7 Å². The highest BCUT2D eigenvalue weighted by molar-refractivity contribution is 5.97. The minimum atomic E-state index is -0.566. The van der Waals surface area contributed by atoms with Crippen LogP contribution in [0.1, 0.15) is 120 Å². The van der Waals surface area contributed by atoms with Crippen LogP contribution < -0.4 is 10.6 Å². The van der Waals surface area contributed by atoms with Crippen molar-refractivity contribution in [1.29, 1.82) is 0 Å². The molecule has 6 rings (SSSR count). The van der Waals surface area contributed by atoms with Crippen molar-refractivity contribution in [3.05, 3.63) is 83.7 Å².